The molecule has 0 radical (unpaired) electrons. The Morgan fingerprint density at radius 3 is 2.93 bits per heavy atom. The number of hydrogen-bond donors (Lipinski definition) is 0. The van der Waals surface area contributed by atoms with Crippen LogP contribution in [0.2, 0.25) is 0 Å². The molecule has 0 spiro atoms. The molecule has 4 heterocycles. The van der Waals surface area contributed by atoms with Gasteiger partial charge in [-0.2, -0.15) is 0 Å². The minimum atomic E-state index is -2.27. The number of nitrogens with zero attached hydrogens (tertiary/aromatic N) is 5. The Balaban J connectivity index is 1.85. The lowest BCUT2D eigenvalue weighted by molar-refractivity contribution is 0.0985. The van der Waals surface area contributed by atoms with Crippen LogP contribution in [0.15, 0.2) is 28.8 Å². The zero-order valence-corrected chi connectivity index (χ0v) is 17.5. The zero-order valence-electron chi connectivity index (χ0n) is 16.7. The van der Waals surface area contributed by atoms with E-state index in [4.69, 9.17) is 14.7 Å². The molecule has 8 heteroatoms. The lowest BCUT2D eigenvalue weighted by Crippen LogP contribution is -2.44. The van der Waals surface area contributed by atoms with Gasteiger partial charge >= 0.3 is 0 Å². The molecule has 2 fully saturated rings. The van der Waals surface area contributed by atoms with Crippen LogP contribution < -0.4 is 4.90 Å². The Morgan fingerprint density at radius 1 is 1.32 bits per heavy atom. The molecule has 0 bridgehead atoms. The fraction of sp³-hybridized carbons (Fsp3) is 0.550. The van der Waals surface area contributed by atoms with Crippen molar-refractivity contribution >= 4 is 15.5 Å². The maximum absolute atomic E-state index is 13.3. The van der Waals surface area contributed by atoms with Crippen molar-refractivity contribution in [1.82, 2.24) is 15.0 Å². The van der Waals surface area contributed by atoms with E-state index < -0.39 is 9.73 Å². The van der Waals surface area contributed by atoms with Gasteiger partial charge < -0.3 is 9.64 Å². The predicted octanol–water partition coefficient (Wildman–Crippen LogP) is 3.00. The third-order valence-electron chi connectivity index (χ3n) is 5.54. The fourth-order valence-corrected chi connectivity index (χ4v) is 6.34. The summed E-state index contributed by atoms with van der Waals surface area (Å²) in [7, 11) is -0.608. The topological polar surface area (TPSA) is 80.6 Å². The monoisotopic (exact) mass is 401 g/mol. The summed E-state index contributed by atoms with van der Waals surface area (Å²) >= 11 is 0. The first-order valence-corrected chi connectivity index (χ1v) is 11.5. The smallest absolute Gasteiger partial charge is 0.161 e. The molecular weight excluding hydrogens is 374 g/mol. The van der Waals surface area contributed by atoms with Crippen molar-refractivity contribution < 1.29 is 8.95 Å². The average Bonchev–Trinajstić information content (AvgIpc) is 3.10. The Labute approximate surface area is 166 Å². The maximum atomic E-state index is 13.3. The van der Waals surface area contributed by atoms with Gasteiger partial charge in [-0.3, -0.25) is 4.98 Å². The van der Waals surface area contributed by atoms with E-state index in [1.807, 2.05) is 25.1 Å². The van der Waals surface area contributed by atoms with Gasteiger partial charge in [0.25, 0.3) is 0 Å². The molecule has 4 rings (SSSR count). The number of pyridine rings is 1. The van der Waals surface area contributed by atoms with Crippen molar-refractivity contribution in [2.45, 2.75) is 38.0 Å². The van der Waals surface area contributed by atoms with Crippen LogP contribution in [0, 0.1) is 6.92 Å². The molecule has 2 saturated heterocycles. The van der Waals surface area contributed by atoms with Crippen LogP contribution in [0.1, 0.15) is 36.4 Å². The number of rotatable bonds is 3. The number of aromatic nitrogens is 3. The van der Waals surface area contributed by atoms with E-state index in [9.17, 15) is 4.21 Å². The number of ether oxygens (including phenoxy) is 1. The molecule has 0 saturated carbocycles. The molecule has 150 valence electrons. The second-order valence-electron chi connectivity index (χ2n) is 7.49. The van der Waals surface area contributed by atoms with Crippen molar-refractivity contribution in [3.63, 3.8) is 0 Å². The Bertz CT molecular complexity index is 986. The summed E-state index contributed by atoms with van der Waals surface area (Å²) in [6.07, 6.45) is 3.54. The number of morpholine rings is 1. The summed E-state index contributed by atoms with van der Waals surface area (Å²) in [5.41, 5.74) is 2.68. The molecule has 0 aromatic carbocycles. The van der Waals surface area contributed by atoms with E-state index >= 15 is 0 Å². The highest BCUT2D eigenvalue weighted by atomic mass is 32.2. The predicted molar refractivity (Wildman–Crippen MR) is 111 cm³/mol. The number of hydrogen-bond acceptors (Lipinski definition) is 7. The van der Waals surface area contributed by atoms with Crippen molar-refractivity contribution in [2.75, 3.05) is 37.5 Å². The fourth-order valence-electron chi connectivity index (χ4n) is 4.00. The molecule has 3 atom stereocenters. The summed E-state index contributed by atoms with van der Waals surface area (Å²) in [5, 5.41) is -0.141. The second-order valence-corrected chi connectivity index (χ2v) is 10.2. The third kappa shape index (κ3) is 3.63. The highest BCUT2D eigenvalue weighted by Crippen LogP contribution is 2.37. The largest absolute Gasteiger partial charge is 0.377 e. The first-order valence-electron chi connectivity index (χ1n) is 9.78. The maximum Gasteiger partial charge on any atom is 0.161 e. The minimum Gasteiger partial charge on any atom is -0.377 e. The van der Waals surface area contributed by atoms with Crippen LogP contribution in [0.4, 0.5) is 5.82 Å². The molecule has 7 nitrogen and oxygen atoms in total. The molecule has 2 aliphatic rings. The molecule has 0 aliphatic carbocycles. The molecule has 2 aliphatic heterocycles. The molecule has 0 N–H and O–H groups in total. The molecule has 0 amide bonds. The van der Waals surface area contributed by atoms with Gasteiger partial charge in [0.05, 0.1) is 39.9 Å². The van der Waals surface area contributed by atoms with Gasteiger partial charge in [-0.05, 0) is 38.8 Å². The lowest BCUT2D eigenvalue weighted by atomic mass is 10.1. The van der Waals surface area contributed by atoms with Gasteiger partial charge in [0.2, 0.25) is 0 Å². The molecule has 2 aromatic rings. The Morgan fingerprint density at radius 2 is 2.18 bits per heavy atom. The van der Waals surface area contributed by atoms with Gasteiger partial charge in [-0.25, -0.2) is 18.5 Å². The van der Waals surface area contributed by atoms with E-state index in [-0.39, 0.29) is 11.3 Å². The summed E-state index contributed by atoms with van der Waals surface area (Å²) < 4.78 is 23.1. The quantitative estimate of drug-likeness (QED) is 0.786. The van der Waals surface area contributed by atoms with Crippen molar-refractivity contribution in [3.8, 4) is 11.4 Å². The van der Waals surface area contributed by atoms with Crippen LogP contribution in [0.5, 0.6) is 0 Å². The summed E-state index contributed by atoms with van der Waals surface area (Å²) in [4.78, 5) is 16.3. The first-order chi connectivity index (χ1) is 13.5. The van der Waals surface area contributed by atoms with Crippen LogP contribution in [-0.2, 0) is 14.5 Å². The van der Waals surface area contributed by atoms with Gasteiger partial charge in [-0.1, -0.05) is 0 Å². The summed E-state index contributed by atoms with van der Waals surface area (Å²) in [6, 6.07) is 6.16. The van der Waals surface area contributed by atoms with Gasteiger partial charge in [-0.15, -0.1) is 0 Å². The zero-order chi connectivity index (χ0) is 19.7. The molecule has 28 heavy (non-hydrogen) atoms. The van der Waals surface area contributed by atoms with Crippen LogP contribution in [-0.4, -0.2) is 57.8 Å². The van der Waals surface area contributed by atoms with Crippen molar-refractivity contribution in [1.29, 1.82) is 0 Å². The third-order valence-corrected chi connectivity index (χ3v) is 8.39. The van der Waals surface area contributed by atoms with E-state index in [0.717, 1.165) is 42.2 Å². The lowest BCUT2D eigenvalue weighted by Gasteiger charge is -2.34. The Kier molecular flexibility index (Phi) is 5.33. The van der Waals surface area contributed by atoms with Gasteiger partial charge in [0.1, 0.15) is 5.82 Å². The van der Waals surface area contributed by atoms with E-state index in [1.165, 1.54) is 0 Å². The molecule has 2 aromatic heterocycles. The normalized spacial score (nSPS) is 27.8. The number of anilines is 1. The standard InChI is InChI=1S/C20H27N5O2S/c1-14-11-16(6-7-22-14)20-23-17(18-5-4-10-28(18,26)21-3)12-19(24-20)25-8-9-27-13-15(25)2/h6-7,11-12,15,18H,4-5,8-10,13H2,1-3H3/t15-,18?,28?/m1/s1. The highest BCUT2D eigenvalue weighted by Gasteiger charge is 2.33. The minimum absolute atomic E-state index is 0.141. The Hall–Kier alpha value is -2.06. The van der Waals surface area contributed by atoms with Crippen LogP contribution >= 0.6 is 0 Å². The first kappa shape index (κ1) is 19.3. The van der Waals surface area contributed by atoms with Crippen molar-refractivity contribution in [3.05, 3.63) is 35.8 Å². The van der Waals surface area contributed by atoms with E-state index in [1.54, 1.807) is 13.2 Å². The average molecular weight is 402 g/mol. The van der Waals surface area contributed by atoms with E-state index in [2.05, 4.69) is 21.2 Å². The second kappa shape index (κ2) is 7.75. The molecular formula is C20H27N5O2S. The van der Waals surface area contributed by atoms with Gasteiger partial charge in [0, 0.05) is 42.9 Å². The highest BCUT2D eigenvalue weighted by molar-refractivity contribution is 7.94. The summed E-state index contributed by atoms with van der Waals surface area (Å²) in [5.74, 6) is 2.17. The summed E-state index contributed by atoms with van der Waals surface area (Å²) in [6.45, 7) is 6.23. The number of aryl methyl sites for hydroxylation is 1. The van der Waals surface area contributed by atoms with E-state index in [0.29, 0.717) is 24.8 Å². The van der Waals surface area contributed by atoms with Crippen molar-refractivity contribution in [2.24, 2.45) is 4.36 Å². The SMILES string of the molecule is CN=S1(=O)CCCC1c1cc(N2CCOC[C@H]2C)nc(-c2ccnc(C)c2)n1. The van der Waals surface area contributed by atoms with Crippen LogP contribution in [0.25, 0.3) is 11.4 Å². The molecule has 2 unspecified atom stereocenters. The van der Waals surface area contributed by atoms with Crippen LogP contribution in [0.3, 0.4) is 0 Å². The van der Waals surface area contributed by atoms with Gasteiger partial charge in [0.15, 0.2) is 5.82 Å².